The lowest BCUT2D eigenvalue weighted by molar-refractivity contribution is 0.101. The molecule has 7 nitrogen and oxygen atoms in total. The first-order valence-electron chi connectivity index (χ1n) is 9.13. The lowest BCUT2D eigenvalue weighted by atomic mass is 10.1. The molecule has 2 aromatic carbocycles. The molecule has 1 amide bonds. The third kappa shape index (κ3) is 4.35. The predicted octanol–water partition coefficient (Wildman–Crippen LogP) is 4.05. The lowest BCUT2D eigenvalue weighted by Crippen LogP contribution is -2.16. The molecule has 0 fully saturated rings. The second-order valence-electron chi connectivity index (χ2n) is 6.50. The van der Waals surface area contributed by atoms with Crippen LogP contribution in [-0.4, -0.2) is 29.9 Å². The molecule has 146 valence electrons. The normalized spacial score (nSPS) is 12.2. The van der Waals surface area contributed by atoms with Crippen molar-refractivity contribution in [2.75, 3.05) is 23.8 Å². The van der Waals surface area contributed by atoms with Gasteiger partial charge in [-0.1, -0.05) is 0 Å². The highest BCUT2D eigenvalue weighted by molar-refractivity contribution is 6.04. The maximum Gasteiger partial charge on any atom is 0.257 e. The molecule has 3 aromatic rings. The number of rotatable bonds is 5. The Morgan fingerprint density at radius 1 is 0.862 bits per heavy atom. The van der Waals surface area contributed by atoms with Crippen molar-refractivity contribution in [3.63, 3.8) is 0 Å². The molecule has 1 aromatic heterocycles. The van der Waals surface area contributed by atoms with Crippen molar-refractivity contribution in [3.05, 3.63) is 71.9 Å². The van der Waals surface area contributed by atoms with Gasteiger partial charge in [0.25, 0.3) is 5.91 Å². The standard InChI is InChI=1S/C22H19N3O4/c1-14(26)15-2-5-17(6-3-15)24-21-9-4-16(13-23-21)22(27)25-18-7-8-19-20(12-18)29-11-10-28-19/h2-9,12-13H,10-11H2,1H3,(H,23,24)(H,25,27). The molecule has 0 radical (unpaired) electrons. The zero-order valence-electron chi connectivity index (χ0n) is 15.8. The number of hydrogen-bond acceptors (Lipinski definition) is 6. The lowest BCUT2D eigenvalue weighted by Gasteiger charge is -2.19. The number of nitrogens with zero attached hydrogens (tertiary/aromatic N) is 1. The summed E-state index contributed by atoms with van der Waals surface area (Å²) in [7, 11) is 0. The molecule has 2 heterocycles. The zero-order chi connectivity index (χ0) is 20.2. The Labute approximate surface area is 167 Å². The van der Waals surface area contributed by atoms with E-state index in [0.717, 1.165) is 5.69 Å². The van der Waals surface area contributed by atoms with E-state index in [1.165, 1.54) is 13.1 Å². The minimum absolute atomic E-state index is 0.0167. The second-order valence-corrected chi connectivity index (χ2v) is 6.50. The molecule has 0 saturated heterocycles. The number of ether oxygens (including phenoxy) is 2. The van der Waals surface area contributed by atoms with Crippen LogP contribution in [0.4, 0.5) is 17.2 Å². The number of fused-ring (bicyclic) bond motifs is 1. The van der Waals surface area contributed by atoms with Gasteiger partial charge < -0.3 is 20.1 Å². The van der Waals surface area contributed by atoms with Crippen LogP contribution >= 0.6 is 0 Å². The Morgan fingerprint density at radius 2 is 1.55 bits per heavy atom. The van der Waals surface area contributed by atoms with Crippen molar-refractivity contribution in [1.29, 1.82) is 0 Å². The van der Waals surface area contributed by atoms with Crippen molar-refractivity contribution in [3.8, 4) is 11.5 Å². The van der Waals surface area contributed by atoms with Gasteiger partial charge in [0.05, 0.1) is 5.56 Å². The molecule has 1 aliphatic heterocycles. The van der Waals surface area contributed by atoms with Gasteiger partial charge in [0.2, 0.25) is 0 Å². The van der Waals surface area contributed by atoms with Gasteiger partial charge in [-0.3, -0.25) is 9.59 Å². The Kier molecular flexibility index (Phi) is 5.11. The number of pyridine rings is 1. The highest BCUT2D eigenvalue weighted by Gasteiger charge is 2.13. The van der Waals surface area contributed by atoms with Crippen molar-refractivity contribution in [1.82, 2.24) is 4.98 Å². The monoisotopic (exact) mass is 389 g/mol. The van der Waals surface area contributed by atoms with Gasteiger partial charge in [-0.25, -0.2) is 4.98 Å². The van der Waals surface area contributed by atoms with E-state index in [4.69, 9.17) is 9.47 Å². The fourth-order valence-electron chi connectivity index (χ4n) is 2.86. The number of nitrogens with one attached hydrogen (secondary N) is 2. The van der Waals surface area contributed by atoms with Gasteiger partial charge in [-0.2, -0.15) is 0 Å². The highest BCUT2D eigenvalue weighted by Crippen LogP contribution is 2.32. The van der Waals surface area contributed by atoms with Gasteiger partial charge in [0.1, 0.15) is 19.0 Å². The van der Waals surface area contributed by atoms with E-state index in [0.29, 0.717) is 47.3 Å². The number of carbonyl (C=O) groups is 2. The number of carbonyl (C=O) groups excluding carboxylic acids is 2. The summed E-state index contributed by atoms with van der Waals surface area (Å²) in [6.45, 7) is 2.53. The zero-order valence-corrected chi connectivity index (χ0v) is 15.8. The van der Waals surface area contributed by atoms with Crippen LogP contribution in [-0.2, 0) is 0 Å². The molecule has 4 rings (SSSR count). The summed E-state index contributed by atoms with van der Waals surface area (Å²) in [5.74, 6) is 1.62. The van der Waals surface area contributed by atoms with E-state index in [1.54, 1.807) is 54.6 Å². The number of benzene rings is 2. The average molecular weight is 389 g/mol. The van der Waals surface area contributed by atoms with Gasteiger partial charge in [-0.15, -0.1) is 0 Å². The number of Topliss-reactive ketones (excluding diaryl/α,β-unsaturated/α-hetero) is 1. The maximum absolute atomic E-state index is 12.5. The molecule has 0 spiro atoms. The molecule has 0 atom stereocenters. The van der Waals surface area contributed by atoms with Crippen LogP contribution < -0.4 is 20.1 Å². The summed E-state index contributed by atoms with van der Waals surface area (Å²) in [5.41, 5.74) is 2.50. The fourth-order valence-corrected chi connectivity index (χ4v) is 2.86. The Hall–Kier alpha value is -3.87. The number of anilines is 3. The van der Waals surface area contributed by atoms with E-state index in [2.05, 4.69) is 15.6 Å². The molecule has 0 saturated carbocycles. The van der Waals surface area contributed by atoms with E-state index < -0.39 is 0 Å². The molecule has 7 heteroatoms. The van der Waals surface area contributed by atoms with Crippen LogP contribution in [0.2, 0.25) is 0 Å². The highest BCUT2D eigenvalue weighted by atomic mass is 16.6. The third-order valence-electron chi connectivity index (χ3n) is 4.39. The van der Waals surface area contributed by atoms with Crippen molar-refractivity contribution < 1.29 is 19.1 Å². The van der Waals surface area contributed by atoms with Crippen LogP contribution in [0.15, 0.2) is 60.8 Å². The van der Waals surface area contributed by atoms with Gasteiger partial charge in [-0.05, 0) is 55.5 Å². The molecular formula is C22H19N3O4. The van der Waals surface area contributed by atoms with Crippen molar-refractivity contribution >= 4 is 28.9 Å². The molecule has 1 aliphatic rings. The number of ketones is 1. The van der Waals surface area contributed by atoms with Crippen LogP contribution in [0, 0.1) is 0 Å². The SMILES string of the molecule is CC(=O)c1ccc(Nc2ccc(C(=O)Nc3ccc4c(c3)OCCO4)cn2)cc1. The predicted molar refractivity (Wildman–Crippen MR) is 109 cm³/mol. The van der Waals surface area contributed by atoms with E-state index >= 15 is 0 Å². The molecule has 0 bridgehead atoms. The Bertz CT molecular complexity index is 1050. The van der Waals surface area contributed by atoms with Gasteiger partial charge in [0.15, 0.2) is 17.3 Å². The minimum Gasteiger partial charge on any atom is -0.486 e. The number of amides is 1. The van der Waals surface area contributed by atoms with Crippen molar-refractivity contribution in [2.24, 2.45) is 0 Å². The summed E-state index contributed by atoms with van der Waals surface area (Å²) in [4.78, 5) is 28.1. The van der Waals surface area contributed by atoms with E-state index in [-0.39, 0.29) is 11.7 Å². The van der Waals surface area contributed by atoms with Crippen LogP contribution in [0.3, 0.4) is 0 Å². The topological polar surface area (TPSA) is 89.6 Å². The Balaban J connectivity index is 1.40. The molecule has 0 aliphatic carbocycles. The summed E-state index contributed by atoms with van der Waals surface area (Å²) < 4.78 is 11.0. The van der Waals surface area contributed by atoms with E-state index in [1.807, 2.05) is 0 Å². The fraction of sp³-hybridized carbons (Fsp3) is 0.136. The molecule has 29 heavy (non-hydrogen) atoms. The number of hydrogen-bond donors (Lipinski definition) is 2. The molecule has 2 N–H and O–H groups in total. The third-order valence-corrected chi connectivity index (χ3v) is 4.39. The summed E-state index contributed by atoms with van der Waals surface area (Å²) in [5, 5.41) is 5.96. The summed E-state index contributed by atoms with van der Waals surface area (Å²) in [6, 6.07) is 15.8. The first-order chi connectivity index (χ1) is 14.1. The maximum atomic E-state index is 12.5. The van der Waals surface area contributed by atoms with Gasteiger partial charge in [0, 0.05) is 29.2 Å². The Morgan fingerprint density at radius 3 is 2.24 bits per heavy atom. The van der Waals surface area contributed by atoms with Crippen LogP contribution in [0.1, 0.15) is 27.6 Å². The summed E-state index contributed by atoms with van der Waals surface area (Å²) >= 11 is 0. The van der Waals surface area contributed by atoms with Gasteiger partial charge >= 0.3 is 0 Å². The number of aromatic nitrogens is 1. The quantitative estimate of drug-likeness (QED) is 0.640. The van der Waals surface area contributed by atoms with Crippen LogP contribution in [0.5, 0.6) is 11.5 Å². The smallest absolute Gasteiger partial charge is 0.257 e. The van der Waals surface area contributed by atoms with Crippen LogP contribution in [0.25, 0.3) is 0 Å². The van der Waals surface area contributed by atoms with E-state index in [9.17, 15) is 9.59 Å². The van der Waals surface area contributed by atoms with Crippen molar-refractivity contribution in [2.45, 2.75) is 6.92 Å². The summed E-state index contributed by atoms with van der Waals surface area (Å²) in [6.07, 6.45) is 1.50. The minimum atomic E-state index is -0.272. The largest absolute Gasteiger partial charge is 0.486 e. The molecule has 0 unspecified atom stereocenters. The first-order valence-corrected chi connectivity index (χ1v) is 9.13. The molecular weight excluding hydrogens is 370 g/mol. The average Bonchev–Trinajstić information content (AvgIpc) is 2.74. The second kappa shape index (κ2) is 8.02. The first kappa shape index (κ1) is 18.5.